The van der Waals surface area contributed by atoms with Gasteiger partial charge in [0, 0.05) is 24.7 Å². The maximum atomic E-state index is 12.8. The van der Waals surface area contributed by atoms with E-state index in [1.807, 2.05) is 41.3 Å². The highest BCUT2D eigenvalue weighted by Gasteiger charge is 2.28. The molecule has 0 spiro atoms. The standard InChI is InChI=1S/C24H21N3O6/c28-22(8-4-15-3-6-18-20(10-15)31-13-29-18)27-9-1-2-17(12-27)24-26-25-23(33-24)16-5-7-19-21(11-16)32-14-30-19/h3-8,10-11,17H,1-2,9,12-14H2/b8-4+. The molecule has 1 saturated heterocycles. The molecule has 9 heteroatoms. The molecule has 3 aliphatic heterocycles. The summed E-state index contributed by atoms with van der Waals surface area (Å²) >= 11 is 0. The maximum absolute atomic E-state index is 12.8. The largest absolute Gasteiger partial charge is 0.454 e. The van der Waals surface area contributed by atoms with Crippen LogP contribution in [0.4, 0.5) is 0 Å². The Morgan fingerprint density at radius 3 is 2.55 bits per heavy atom. The van der Waals surface area contributed by atoms with Gasteiger partial charge in [-0.3, -0.25) is 4.79 Å². The second kappa shape index (κ2) is 8.16. The molecule has 1 fully saturated rings. The van der Waals surface area contributed by atoms with Crippen LogP contribution in [-0.2, 0) is 4.79 Å². The van der Waals surface area contributed by atoms with Gasteiger partial charge >= 0.3 is 0 Å². The lowest BCUT2D eigenvalue weighted by molar-refractivity contribution is -0.127. The van der Waals surface area contributed by atoms with E-state index >= 15 is 0 Å². The van der Waals surface area contributed by atoms with E-state index < -0.39 is 0 Å². The quantitative estimate of drug-likeness (QED) is 0.560. The van der Waals surface area contributed by atoms with E-state index in [0.717, 1.165) is 29.7 Å². The highest BCUT2D eigenvalue weighted by molar-refractivity contribution is 5.92. The summed E-state index contributed by atoms with van der Waals surface area (Å²) in [5.41, 5.74) is 1.65. The van der Waals surface area contributed by atoms with Gasteiger partial charge < -0.3 is 28.3 Å². The normalized spacial score (nSPS) is 18.8. The Morgan fingerprint density at radius 1 is 0.939 bits per heavy atom. The predicted molar refractivity (Wildman–Crippen MR) is 116 cm³/mol. The van der Waals surface area contributed by atoms with Gasteiger partial charge in [-0.1, -0.05) is 6.07 Å². The summed E-state index contributed by atoms with van der Waals surface area (Å²) in [5.74, 6) is 3.69. The van der Waals surface area contributed by atoms with Crippen LogP contribution in [0.15, 0.2) is 46.9 Å². The molecule has 0 N–H and O–H groups in total. The Hall–Kier alpha value is -4.01. The molecule has 0 aliphatic carbocycles. The molecule has 0 bridgehead atoms. The van der Waals surface area contributed by atoms with Crippen LogP contribution in [0, 0.1) is 0 Å². The van der Waals surface area contributed by atoms with E-state index in [2.05, 4.69) is 10.2 Å². The van der Waals surface area contributed by atoms with E-state index in [0.29, 0.717) is 42.1 Å². The van der Waals surface area contributed by atoms with E-state index in [9.17, 15) is 4.79 Å². The molecular weight excluding hydrogens is 426 g/mol. The number of fused-ring (bicyclic) bond motifs is 2. The zero-order chi connectivity index (χ0) is 22.2. The number of hydrogen-bond donors (Lipinski definition) is 0. The van der Waals surface area contributed by atoms with Crippen LogP contribution >= 0.6 is 0 Å². The van der Waals surface area contributed by atoms with Gasteiger partial charge in [0.25, 0.3) is 0 Å². The first kappa shape index (κ1) is 19.7. The summed E-state index contributed by atoms with van der Waals surface area (Å²) in [5, 5.41) is 8.47. The molecule has 2 aromatic carbocycles. The second-order valence-corrected chi connectivity index (χ2v) is 8.08. The lowest BCUT2D eigenvalue weighted by Crippen LogP contribution is -2.38. The lowest BCUT2D eigenvalue weighted by atomic mass is 9.98. The van der Waals surface area contributed by atoms with Crippen molar-refractivity contribution < 1.29 is 28.2 Å². The average Bonchev–Trinajstić information content (AvgIpc) is 3.62. The Kier molecular flexibility index (Phi) is 4.86. The zero-order valence-corrected chi connectivity index (χ0v) is 17.7. The van der Waals surface area contributed by atoms with Crippen LogP contribution in [0.5, 0.6) is 23.0 Å². The molecule has 1 unspecified atom stereocenters. The van der Waals surface area contributed by atoms with Crippen molar-refractivity contribution in [2.45, 2.75) is 18.8 Å². The van der Waals surface area contributed by atoms with Crippen molar-refractivity contribution in [3.63, 3.8) is 0 Å². The average molecular weight is 447 g/mol. The summed E-state index contributed by atoms with van der Waals surface area (Å²) in [6, 6.07) is 11.1. The summed E-state index contributed by atoms with van der Waals surface area (Å²) < 4.78 is 27.5. The topological polar surface area (TPSA) is 96.2 Å². The third-order valence-corrected chi connectivity index (χ3v) is 5.96. The molecular formula is C24H21N3O6. The Balaban J connectivity index is 1.13. The first-order chi connectivity index (χ1) is 16.2. The number of nitrogens with zero attached hydrogens (tertiary/aromatic N) is 3. The first-order valence-electron chi connectivity index (χ1n) is 10.8. The third-order valence-electron chi connectivity index (χ3n) is 5.96. The summed E-state index contributed by atoms with van der Waals surface area (Å²) in [7, 11) is 0. The van der Waals surface area contributed by atoms with Crippen molar-refractivity contribution in [2.24, 2.45) is 0 Å². The van der Waals surface area contributed by atoms with Gasteiger partial charge in [0.15, 0.2) is 23.0 Å². The number of piperidine rings is 1. The minimum absolute atomic E-state index is 0.00287. The fraction of sp³-hybridized carbons (Fsp3) is 0.292. The van der Waals surface area contributed by atoms with Crippen molar-refractivity contribution in [2.75, 3.05) is 26.7 Å². The Bertz CT molecular complexity index is 1240. The number of ether oxygens (including phenoxy) is 4. The van der Waals surface area contributed by atoms with Gasteiger partial charge in [-0.25, -0.2) is 0 Å². The van der Waals surface area contributed by atoms with Crippen molar-refractivity contribution in [1.82, 2.24) is 15.1 Å². The number of likely N-dealkylation sites (tertiary alicyclic amines) is 1. The van der Waals surface area contributed by atoms with Crippen molar-refractivity contribution >= 4 is 12.0 Å². The smallest absolute Gasteiger partial charge is 0.247 e. The van der Waals surface area contributed by atoms with E-state index in [-0.39, 0.29) is 25.4 Å². The highest BCUT2D eigenvalue weighted by Crippen LogP contribution is 2.36. The second-order valence-electron chi connectivity index (χ2n) is 8.08. The van der Waals surface area contributed by atoms with Crippen LogP contribution in [0.1, 0.15) is 30.2 Å². The van der Waals surface area contributed by atoms with Gasteiger partial charge in [-0.15, -0.1) is 10.2 Å². The third kappa shape index (κ3) is 3.86. The van der Waals surface area contributed by atoms with Gasteiger partial charge in [0.1, 0.15) is 0 Å². The van der Waals surface area contributed by atoms with Crippen LogP contribution in [0.2, 0.25) is 0 Å². The molecule has 9 nitrogen and oxygen atoms in total. The number of rotatable bonds is 4. The molecule has 3 aromatic rings. The summed E-state index contributed by atoms with van der Waals surface area (Å²) in [4.78, 5) is 14.6. The van der Waals surface area contributed by atoms with E-state index in [4.69, 9.17) is 23.4 Å². The highest BCUT2D eigenvalue weighted by atomic mass is 16.7. The predicted octanol–water partition coefficient (Wildman–Crippen LogP) is 3.61. The maximum Gasteiger partial charge on any atom is 0.247 e. The van der Waals surface area contributed by atoms with Gasteiger partial charge in [0.2, 0.25) is 31.3 Å². The van der Waals surface area contributed by atoms with Crippen LogP contribution < -0.4 is 18.9 Å². The van der Waals surface area contributed by atoms with Crippen molar-refractivity contribution in [1.29, 1.82) is 0 Å². The first-order valence-corrected chi connectivity index (χ1v) is 10.8. The Morgan fingerprint density at radius 2 is 1.70 bits per heavy atom. The van der Waals surface area contributed by atoms with Gasteiger partial charge in [-0.05, 0) is 54.8 Å². The number of carbonyl (C=O) groups excluding carboxylic acids is 1. The number of benzene rings is 2. The molecule has 6 rings (SSSR count). The summed E-state index contributed by atoms with van der Waals surface area (Å²) in [6.45, 7) is 1.67. The van der Waals surface area contributed by atoms with Gasteiger partial charge in [0.05, 0.1) is 5.92 Å². The molecule has 0 radical (unpaired) electrons. The van der Waals surface area contributed by atoms with Crippen molar-refractivity contribution in [3.8, 4) is 34.5 Å². The molecule has 168 valence electrons. The fourth-order valence-electron chi connectivity index (χ4n) is 4.21. The molecule has 1 aromatic heterocycles. The zero-order valence-electron chi connectivity index (χ0n) is 17.7. The van der Waals surface area contributed by atoms with Gasteiger partial charge in [-0.2, -0.15) is 0 Å². The van der Waals surface area contributed by atoms with Crippen molar-refractivity contribution in [3.05, 3.63) is 53.9 Å². The molecule has 3 aliphatic rings. The minimum Gasteiger partial charge on any atom is -0.454 e. The SMILES string of the molecule is O=C(/C=C/c1ccc2c(c1)OCO2)N1CCCC(c2nnc(-c3ccc4c(c3)OCO4)o2)C1. The Labute approximate surface area is 189 Å². The van der Waals surface area contributed by atoms with E-state index in [1.54, 1.807) is 12.2 Å². The monoisotopic (exact) mass is 447 g/mol. The lowest BCUT2D eigenvalue weighted by Gasteiger charge is -2.30. The minimum atomic E-state index is -0.0483. The molecule has 0 saturated carbocycles. The number of hydrogen-bond acceptors (Lipinski definition) is 8. The molecule has 33 heavy (non-hydrogen) atoms. The molecule has 1 amide bonds. The number of aromatic nitrogens is 2. The number of amides is 1. The summed E-state index contributed by atoms with van der Waals surface area (Å²) in [6.07, 6.45) is 5.14. The molecule has 4 heterocycles. The van der Waals surface area contributed by atoms with E-state index in [1.165, 1.54) is 0 Å². The van der Waals surface area contributed by atoms with Crippen LogP contribution in [0.25, 0.3) is 17.5 Å². The molecule has 1 atom stereocenters. The number of carbonyl (C=O) groups is 1. The van der Waals surface area contributed by atoms with Crippen LogP contribution in [0.3, 0.4) is 0 Å². The fourth-order valence-corrected chi connectivity index (χ4v) is 4.21. The van der Waals surface area contributed by atoms with Crippen LogP contribution in [-0.4, -0.2) is 47.7 Å².